The number of terminal acetylenes is 1. The normalized spacial score (nSPS) is 21.1. The first-order chi connectivity index (χ1) is 18.5. The van der Waals surface area contributed by atoms with Crippen LogP contribution in [0.3, 0.4) is 0 Å². The molecule has 212 valence electrons. The van der Waals surface area contributed by atoms with Crippen molar-refractivity contribution in [3.8, 4) is 18.6 Å². The molecule has 2 aliphatic heterocycles. The summed E-state index contributed by atoms with van der Waals surface area (Å²) in [6, 6.07) is 5.89. The minimum atomic E-state index is -4.20. The molecular weight excluding hydrogens is 591 g/mol. The van der Waals surface area contributed by atoms with Crippen LogP contribution in [0, 0.1) is 24.5 Å². The molecule has 0 radical (unpaired) electrons. The van der Waals surface area contributed by atoms with Crippen LogP contribution in [-0.2, 0) is 24.6 Å². The zero-order valence-electron chi connectivity index (χ0n) is 21.4. The van der Waals surface area contributed by atoms with Crippen molar-refractivity contribution in [3.05, 3.63) is 82.4 Å². The molecule has 2 heterocycles. The van der Waals surface area contributed by atoms with Crippen molar-refractivity contribution in [2.24, 2.45) is 0 Å². The third-order valence-corrected chi connectivity index (χ3v) is 11.2. The number of hydrogen-bond acceptors (Lipinski definition) is 5. The quantitative estimate of drug-likeness (QED) is 0.300. The molecule has 0 N–H and O–H groups in total. The summed E-state index contributed by atoms with van der Waals surface area (Å²) in [5.74, 6) is -2.79. The molecule has 0 aromatic heterocycles. The maximum absolute atomic E-state index is 15.2. The van der Waals surface area contributed by atoms with E-state index in [0.717, 1.165) is 16.4 Å². The smallest absolute Gasteiger partial charge is 0.243 e. The summed E-state index contributed by atoms with van der Waals surface area (Å²) in [7, 11) is -8.40. The first-order valence-electron chi connectivity index (χ1n) is 11.7. The fourth-order valence-electron chi connectivity index (χ4n) is 4.71. The molecule has 0 aliphatic carbocycles. The van der Waals surface area contributed by atoms with E-state index >= 15 is 4.39 Å². The molecule has 39 heavy (non-hydrogen) atoms. The van der Waals surface area contributed by atoms with Gasteiger partial charge in [0.2, 0.25) is 10.0 Å². The van der Waals surface area contributed by atoms with Crippen LogP contribution in [0.25, 0.3) is 0 Å². The average molecular weight is 621 g/mol. The first-order valence-corrected chi connectivity index (χ1v) is 15.7. The van der Waals surface area contributed by atoms with Crippen molar-refractivity contribution in [1.29, 1.82) is 0 Å². The molecule has 1 saturated heterocycles. The van der Waals surface area contributed by atoms with Gasteiger partial charge in [0.15, 0.2) is 21.4 Å². The second kappa shape index (κ2) is 13.8. The van der Waals surface area contributed by atoms with Crippen LogP contribution in [0.2, 0.25) is 5.02 Å². The lowest BCUT2D eigenvalue weighted by Gasteiger charge is -2.51. The summed E-state index contributed by atoms with van der Waals surface area (Å²) in [6.07, 6.45) is 12.8. The lowest BCUT2D eigenvalue weighted by molar-refractivity contribution is 0.0985. The zero-order chi connectivity index (χ0) is 29.4. The molecule has 1 fully saturated rings. The molecule has 2 atom stereocenters. The van der Waals surface area contributed by atoms with Crippen LogP contribution in [-0.4, -0.2) is 46.1 Å². The summed E-state index contributed by atoms with van der Waals surface area (Å²) >= 11 is 10.9. The number of sulfone groups is 1. The topological polar surface area (TPSA) is 80.8 Å². The molecule has 0 spiro atoms. The van der Waals surface area contributed by atoms with Gasteiger partial charge in [0.05, 0.1) is 22.3 Å². The maximum atomic E-state index is 15.2. The summed E-state index contributed by atoms with van der Waals surface area (Å²) in [4.78, 5) is -0.0842. The number of hydrogen-bond donors (Lipinski definition) is 0. The molecule has 2 aromatic rings. The van der Waals surface area contributed by atoms with Crippen molar-refractivity contribution in [3.63, 3.8) is 0 Å². The highest BCUT2D eigenvalue weighted by molar-refractivity contribution is 7.92. The van der Waals surface area contributed by atoms with Crippen molar-refractivity contribution < 1.29 is 30.4 Å². The van der Waals surface area contributed by atoms with E-state index in [1.807, 2.05) is 6.92 Å². The summed E-state index contributed by atoms with van der Waals surface area (Å²) in [5, 5.41) is 0.336. The second-order valence-corrected chi connectivity index (χ2v) is 13.3. The van der Waals surface area contributed by atoms with E-state index in [1.165, 1.54) is 42.0 Å². The molecule has 0 saturated carbocycles. The Morgan fingerprint density at radius 1 is 1.05 bits per heavy atom. The molecule has 6 nitrogen and oxygen atoms in total. The van der Waals surface area contributed by atoms with Gasteiger partial charge in [0.25, 0.3) is 0 Å². The van der Waals surface area contributed by atoms with E-state index in [-0.39, 0.29) is 24.3 Å². The standard InChI is InChI=1S/C22H22ClF2NO5S2.C3H5Cl.C2H2/c1-2-3-13-32(27,28)22-11-4-12-26(33(29,30)16-7-5-15(23)6-8-16)19(22)14-31-21-18(25)10-9-17(24)20(21)22;1-2-3-4;1-2/h2-3,5-10,19H,4,11-14H2,1H3;2-3H,1H3;1-2H/b3-2-;3-2+;/t19-,22+;;/m0../s1. The molecular formula is C27H29Cl2F2NO5S2. The highest BCUT2D eigenvalue weighted by atomic mass is 35.5. The van der Waals surface area contributed by atoms with E-state index in [2.05, 4.69) is 12.8 Å². The van der Waals surface area contributed by atoms with Gasteiger partial charge in [-0.15, -0.1) is 12.8 Å². The van der Waals surface area contributed by atoms with Gasteiger partial charge in [0, 0.05) is 11.6 Å². The second-order valence-electron chi connectivity index (χ2n) is 8.43. The highest BCUT2D eigenvalue weighted by Gasteiger charge is 2.61. The minimum Gasteiger partial charge on any atom is -0.488 e. The lowest BCUT2D eigenvalue weighted by Crippen LogP contribution is -2.64. The number of halogens is 4. The largest absolute Gasteiger partial charge is 0.488 e. The van der Waals surface area contributed by atoms with Gasteiger partial charge in [-0.3, -0.25) is 0 Å². The van der Waals surface area contributed by atoms with Crippen LogP contribution in [0.15, 0.2) is 65.1 Å². The van der Waals surface area contributed by atoms with Crippen LogP contribution in [0.4, 0.5) is 8.78 Å². The van der Waals surface area contributed by atoms with E-state index in [0.29, 0.717) is 5.02 Å². The Morgan fingerprint density at radius 3 is 2.21 bits per heavy atom. The number of benzene rings is 2. The first kappa shape index (κ1) is 32.8. The zero-order valence-corrected chi connectivity index (χ0v) is 24.5. The fourth-order valence-corrected chi connectivity index (χ4v) is 8.91. The summed E-state index contributed by atoms with van der Waals surface area (Å²) in [5.41, 5.74) is 1.03. The number of nitrogens with zero attached hydrogens (tertiary/aromatic N) is 1. The average Bonchev–Trinajstić information content (AvgIpc) is 2.94. The lowest BCUT2D eigenvalue weighted by atomic mass is 9.81. The Balaban J connectivity index is 0.000000815. The van der Waals surface area contributed by atoms with Crippen molar-refractivity contribution in [1.82, 2.24) is 4.31 Å². The monoisotopic (exact) mass is 619 g/mol. The maximum Gasteiger partial charge on any atom is 0.243 e. The number of rotatable bonds is 5. The summed E-state index contributed by atoms with van der Waals surface area (Å²) in [6.45, 7) is 3.08. The van der Waals surface area contributed by atoms with E-state index in [9.17, 15) is 21.2 Å². The SMILES string of the molecule is C#C.C/C=C/Cl.C/C=C\CS(=O)(=O)[C@]12CCCN(S(=O)(=O)c3ccc(Cl)cc3)[C@H]1COc1c(F)ccc(F)c12. The van der Waals surface area contributed by atoms with E-state index in [1.54, 1.807) is 13.0 Å². The third-order valence-electron chi connectivity index (χ3n) is 6.33. The number of ether oxygens (including phenoxy) is 1. The Hall–Kier alpha value is -2.42. The van der Waals surface area contributed by atoms with Crippen LogP contribution >= 0.6 is 23.2 Å². The predicted molar refractivity (Wildman–Crippen MR) is 151 cm³/mol. The van der Waals surface area contributed by atoms with E-state index in [4.69, 9.17) is 27.9 Å². The van der Waals surface area contributed by atoms with Gasteiger partial charge in [0.1, 0.15) is 17.2 Å². The van der Waals surface area contributed by atoms with Gasteiger partial charge in [-0.05, 0) is 68.6 Å². The number of sulfonamides is 1. The predicted octanol–water partition coefficient (Wildman–Crippen LogP) is 6.06. The molecule has 0 bridgehead atoms. The molecule has 2 aliphatic rings. The Labute approximate surface area is 239 Å². The van der Waals surface area contributed by atoms with E-state index < -0.39 is 66.0 Å². The highest BCUT2D eigenvalue weighted by Crippen LogP contribution is 2.53. The van der Waals surface area contributed by atoms with Crippen LogP contribution in [0.1, 0.15) is 32.3 Å². The van der Waals surface area contributed by atoms with Gasteiger partial charge < -0.3 is 4.74 Å². The molecule has 0 unspecified atom stereocenters. The fraction of sp³-hybridized carbons (Fsp3) is 0.333. The van der Waals surface area contributed by atoms with Crippen molar-refractivity contribution in [2.45, 2.75) is 42.4 Å². The molecule has 4 rings (SSSR count). The number of piperidine rings is 1. The van der Waals surface area contributed by atoms with Gasteiger partial charge in [-0.25, -0.2) is 25.6 Å². The number of allylic oxidation sites excluding steroid dienone is 2. The minimum absolute atomic E-state index is 0.00609. The number of fused-ring (bicyclic) bond motifs is 3. The van der Waals surface area contributed by atoms with Crippen LogP contribution < -0.4 is 4.74 Å². The van der Waals surface area contributed by atoms with Gasteiger partial charge in [-0.2, -0.15) is 4.31 Å². The van der Waals surface area contributed by atoms with Crippen LogP contribution in [0.5, 0.6) is 5.75 Å². The Morgan fingerprint density at radius 2 is 1.64 bits per heavy atom. The third kappa shape index (κ3) is 6.34. The van der Waals surface area contributed by atoms with Crippen molar-refractivity contribution in [2.75, 3.05) is 18.9 Å². The Kier molecular flexibility index (Phi) is 11.6. The van der Waals surface area contributed by atoms with Gasteiger partial charge >= 0.3 is 0 Å². The molecule has 2 aromatic carbocycles. The van der Waals surface area contributed by atoms with Gasteiger partial charge in [-0.1, -0.05) is 41.4 Å². The Bertz CT molecular complexity index is 1440. The molecule has 12 heteroatoms. The summed E-state index contributed by atoms with van der Waals surface area (Å²) < 4.78 is 88.9. The van der Waals surface area contributed by atoms with Crippen molar-refractivity contribution >= 4 is 43.1 Å². The molecule has 0 amide bonds.